The van der Waals surface area contributed by atoms with Gasteiger partial charge in [0, 0.05) is 11.0 Å². The quantitative estimate of drug-likeness (QED) is 0.891. The average Bonchev–Trinajstić information content (AvgIpc) is 2.33. The van der Waals surface area contributed by atoms with Crippen LogP contribution in [0.15, 0.2) is 28.7 Å². The van der Waals surface area contributed by atoms with Gasteiger partial charge in [-0.3, -0.25) is 0 Å². The lowest BCUT2D eigenvalue weighted by Crippen LogP contribution is -2.33. The van der Waals surface area contributed by atoms with Crippen molar-refractivity contribution in [3.8, 4) is 0 Å². The Morgan fingerprint density at radius 1 is 1.24 bits per heavy atom. The second kappa shape index (κ2) is 8.09. The molecule has 1 aliphatic rings. The van der Waals surface area contributed by atoms with Crippen LogP contribution in [0.1, 0.15) is 18.4 Å². The Kier molecular flexibility index (Phi) is 7.12. The van der Waals surface area contributed by atoms with Crippen LogP contribution in [0.25, 0.3) is 0 Å². The number of piperidine rings is 1. The van der Waals surface area contributed by atoms with Crippen molar-refractivity contribution in [2.45, 2.75) is 19.4 Å². The summed E-state index contributed by atoms with van der Waals surface area (Å²) in [5.74, 6) is 0.851. The lowest BCUT2D eigenvalue weighted by atomic mass is 9.98. The maximum atomic E-state index is 3.57. The first-order chi connectivity index (χ1) is 7.86. The predicted molar refractivity (Wildman–Crippen MR) is 78.7 cm³/mol. The molecule has 0 saturated carbocycles. The van der Waals surface area contributed by atoms with Crippen LogP contribution >= 0.6 is 28.3 Å². The number of nitrogens with one attached hydrogen (secondary N) is 2. The summed E-state index contributed by atoms with van der Waals surface area (Å²) < 4.78 is 1.20. The molecule has 1 heterocycles. The molecule has 0 radical (unpaired) electrons. The maximum absolute atomic E-state index is 3.57. The molecule has 1 fully saturated rings. The summed E-state index contributed by atoms with van der Waals surface area (Å²) >= 11 is 3.57. The fraction of sp³-hybridized carbons (Fsp3) is 0.538. The van der Waals surface area contributed by atoms with Crippen molar-refractivity contribution in [1.29, 1.82) is 0 Å². The highest BCUT2D eigenvalue weighted by Gasteiger charge is 2.12. The third-order valence-electron chi connectivity index (χ3n) is 3.17. The van der Waals surface area contributed by atoms with Gasteiger partial charge in [-0.25, -0.2) is 0 Å². The van der Waals surface area contributed by atoms with Crippen LogP contribution in [0, 0.1) is 5.92 Å². The third-order valence-corrected chi connectivity index (χ3v) is 3.94. The molecule has 0 aliphatic carbocycles. The van der Waals surface area contributed by atoms with Gasteiger partial charge in [0.1, 0.15) is 0 Å². The molecule has 4 heteroatoms. The van der Waals surface area contributed by atoms with Crippen LogP contribution in [0.2, 0.25) is 0 Å². The van der Waals surface area contributed by atoms with E-state index in [1.165, 1.54) is 36.0 Å². The minimum absolute atomic E-state index is 0. The lowest BCUT2D eigenvalue weighted by molar-refractivity contribution is 0.356. The van der Waals surface area contributed by atoms with E-state index in [4.69, 9.17) is 0 Å². The van der Waals surface area contributed by atoms with Gasteiger partial charge in [0.25, 0.3) is 0 Å². The maximum Gasteiger partial charge on any atom is 0.0220 e. The van der Waals surface area contributed by atoms with Crippen molar-refractivity contribution in [2.75, 3.05) is 19.6 Å². The molecule has 2 nitrogen and oxygen atoms in total. The van der Waals surface area contributed by atoms with Crippen molar-refractivity contribution in [1.82, 2.24) is 10.6 Å². The smallest absolute Gasteiger partial charge is 0.0220 e. The minimum Gasteiger partial charge on any atom is -0.317 e. The van der Waals surface area contributed by atoms with Gasteiger partial charge in [0.05, 0.1) is 0 Å². The van der Waals surface area contributed by atoms with Gasteiger partial charge in [-0.2, -0.15) is 0 Å². The molecule has 0 spiro atoms. The normalized spacial score (nSPS) is 16.5. The largest absolute Gasteiger partial charge is 0.317 e. The fourth-order valence-electron chi connectivity index (χ4n) is 2.14. The summed E-state index contributed by atoms with van der Waals surface area (Å²) in [5, 5.41) is 6.95. The zero-order valence-electron chi connectivity index (χ0n) is 9.92. The summed E-state index contributed by atoms with van der Waals surface area (Å²) in [7, 11) is 0. The van der Waals surface area contributed by atoms with Crippen molar-refractivity contribution >= 4 is 28.3 Å². The Morgan fingerprint density at radius 2 is 1.94 bits per heavy atom. The van der Waals surface area contributed by atoms with E-state index >= 15 is 0 Å². The molecule has 17 heavy (non-hydrogen) atoms. The topological polar surface area (TPSA) is 24.1 Å². The highest BCUT2D eigenvalue weighted by molar-refractivity contribution is 9.10. The van der Waals surface area contributed by atoms with Crippen LogP contribution < -0.4 is 10.6 Å². The molecule has 1 aromatic carbocycles. The highest BCUT2D eigenvalue weighted by Crippen LogP contribution is 2.16. The molecule has 1 aliphatic heterocycles. The van der Waals surface area contributed by atoms with E-state index in [0.717, 1.165) is 19.0 Å². The molecule has 0 amide bonds. The van der Waals surface area contributed by atoms with E-state index in [1.807, 2.05) is 0 Å². The monoisotopic (exact) mass is 318 g/mol. The van der Waals surface area contributed by atoms with Crippen LogP contribution in [-0.4, -0.2) is 19.6 Å². The van der Waals surface area contributed by atoms with Crippen LogP contribution in [0.3, 0.4) is 0 Å². The molecule has 0 aromatic heterocycles. The Labute approximate surface area is 118 Å². The highest BCUT2D eigenvalue weighted by atomic mass is 79.9. The standard InChI is InChI=1S/C13H19BrN2.ClH/c14-13-4-2-1-3-12(13)10-16-9-11-5-7-15-8-6-11;/h1-4,11,15-16H,5-10H2;1H. The molecule has 2 rings (SSSR count). The van der Waals surface area contributed by atoms with Crippen LogP contribution in [0.5, 0.6) is 0 Å². The number of halogens is 2. The fourth-order valence-corrected chi connectivity index (χ4v) is 2.56. The van der Waals surface area contributed by atoms with Gasteiger partial charge in [-0.15, -0.1) is 12.4 Å². The van der Waals surface area contributed by atoms with E-state index < -0.39 is 0 Å². The second-order valence-electron chi connectivity index (χ2n) is 4.42. The Bertz CT molecular complexity index is 327. The number of hydrogen-bond donors (Lipinski definition) is 2. The van der Waals surface area contributed by atoms with Crippen molar-refractivity contribution in [3.63, 3.8) is 0 Å². The lowest BCUT2D eigenvalue weighted by Gasteiger charge is -2.22. The van der Waals surface area contributed by atoms with Gasteiger partial charge >= 0.3 is 0 Å². The SMILES string of the molecule is Brc1ccccc1CNCC1CCNCC1.Cl. The van der Waals surface area contributed by atoms with Crippen molar-refractivity contribution < 1.29 is 0 Å². The zero-order valence-corrected chi connectivity index (χ0v) is 12.3. The van der Waals surface area contributed by atoms with Gasteiger partial charge in [0.15, 0.2) is 0 Å². The van der Waals surface area contributed by atoms with Crippen molar-refractivity contribution in [2.24, 2.45) is 5.92 Å². The van der Waals surface area contributed by atoms with Crippen LogP contribution in [0.4, 0.5) is 0 Å². The number of benzene rings is 1. The summed E-state index contributed by atoms with van der Waals surface area (Å²) in [4.78, 5) is 0. The average molecular weight is 320 g/mol. The molecule has 0 unspecified atom stereocenters. The molecule has 0 atom stereocenters. The van der Waals surface area contributed by atoms with E-state index in [1.54, 1.807) is 0 Å². The first-order valence-electron chi connectivity index (χ1n) is 6.01. The van der Waals surface area contributed by atoms with Gasteiger partial charge < -0.3 is 10.6 Å². The van der Waals surface area contributed by atoms with E-state index in [9.17, 15) is 0 Å². The Morgan fingerprint density at radius 3 is 2.65 bits per heavy atom. The Hall–Kier alpha value is -0.0900. The molecule has 2 N–H and O–H groups in total. The van der Waals surface area contributed by atoms with E-state index in [2.05, 4.69) is 50.8 Å². The van der Waals surface area contributed by atoms with Gasteiger partial charge in [-0.05, 0) is 50.0 Å². The predicted octanol–water partition coefficient (Wildman–Crippen LogP) is 2.96. The third kappa shape index (κ3) is 4.96. The first kappa shape index (κ1) is 15.0. The number of hydrogen-bond acceptors (Lipinski definition) is 2. The molecular formula is C13H20BrClN2. The molecule has 1 saturated heterocycles. The first-order valence-corrected chi connectivity index (χ1v) is 6.80. The summed E-state index contributed by atoms with van der Waals surface area (Å²) in [6.45, 7) is 4.47. The molecule has 0 bridgehead atoms. The van der Waals surface area contributed by atoms with Crippen LogP contribution in [-0.2, 0) is 6.54 Å². The van der Waals surface area contributed by atoms with E-state index in [-0.39, 0.29) is 12.4 Å². The van der Waals surface area contributed by atoms with Gasteiger partial charge in [-0.1, -0.05) is 34.1 Å². The second-order valence-corrected chi connectivity index (χ2v) is 5.27. The molecular weight excluding hydrogens is 300 g/mol. The van der Waals surface area contributed by atoms with Gasteiger partial charge in [0.2, 0.25) is 0 Å². The minimum atomic E-state index is 0. The Balaban J connectivity index is 0.00000144. The summed E-state index contributed by atoms with van der Waals surface area (Å²) in [5.41, 5.74) is 1.34. The van der Waals surface area contributed by atoms with E-state index in [0.29, 0.717) is 0 Å². The summed E-state index contributed by atoms with van der Waals surface area (Å²) in [6, 6.07) is 8.41. The van der Waals surface area contributed by atoms with Crippen molar-refractivity contribution in [3.05, 3.63) is 34.3 Å². The number of rotatable bonds is 4. The molecule has 1 aromatic rings. The molecule has 96 valence electrons. The summed E-state index contributed by atoms with van der Waals surface area (Å²) in [6.07, 6.45) is 2.62. The zero-order chi connectivity index (χ0) is 11.2.